The summed E-state index contributed by atoms with van der Waals surface area (Å²) >= 11 is 0. The molecular formula is C24H34FIN4O3. The highest BCUT2D eigenvalue weighted by atomic mass is 127. The van der Waals surface area contributed by atoms with E-state index in [2.05, 4.69) is 27.7 Å². The van der Waals surface area contributed by atoms with Crippen molar-refractivity contribution in [1.29, 1.82) is 0 Å². The fourth-order valence-corrected chi connectivity index (χ4v) is 3.66. The van der Waals surface area contributed by atoms with Crippen LogP contribution in [0.2, 0.25) is 0 Å². The number of aliphatic hydroxyl groups excluding tert-OH is 1. The Morgan fingerprint density at radius 2 is 1.73 bits per heavy atom. The van der Waals surface area contributed by atoms with Crippen LogP contribution in [0, 0.1) is 5.82 Å². The lowest BCUT2D eigenvalue weighted by Crippen LogP contribution is -2.42. The zero-order chi connectivity index (χ0) is 22.8. The summed E-state index contributed by atoms with van der Waals surface area (Å²) in [5, 5.41) is 16.9. The first-order valence-electron chi connectivity index (χ1n) is 11.0. The summed E-state index contributed by atoms with van der Waals surface area (Å²) < 4.78 is 24.0. The number of aliphatic hydroxyl groups is 1. The van der Waals surface area contributed by atoms with Gasteiger partial charge in [0.25, 0.3) is 0 Å². The maximum Gasteiger partial charge on any atom is 0.191 e. The highest BCUT2D eigenvalue weighted by molar-refractivity contribution is 14.0. The van der Waals surface area contributed by atoms with Gasteiger partial charge in [0, 0.05) is 26.2 Å². The molecule has 0 aromatic heterocycles. The first-order chi connectivity index (χ1) is 15.6. The number of nitrogens with one attached hydrogen (secondary N) is 2. The Morgan fingerprint density at radius 3 is 2.33 bits per heavy atom. The minimum atomic E-state index is -0.768. The Balaban J connectivity index is 0.00000385. The number of benzene rings is 2. The van der Waals surface area contributed by atoms with E-state index in [1.165, 1.54) is 17.7 Å². The van der Waals surface area contributed by atoms with Crippen LogP contribution in [0.5, 0.6) is 5.75 Å². The predicted molar refractivity (Wildman–Crippen MR) is 139 cm³/mol. The number of morpholine rings is 1. The average Bonchev–Trinajstić information content (AvgIpc) is 2.84. The van der Waals surface area contributed by atoms with Gasteiger partial charge in [-0.3, -0.25) is 9.89 Å². The van der Waals surface area contributed by atoms with Gasteiger partial charge in [-0.1, -0.05) is 24.3 Å². The quantitative estimate of drug-likeness (QED) is 0.244. The van der Waals surface area contributed by atoms with Crippen molar-refractivity contribution in [3.05, 3.63) is 65.5 Å². The zero-order valence-electron chi connectivity index (χ0n) is 19.2. The predicted octanol–water partition coefficient (Wildman–Crippen LogP) is 3.11. The van der Waals surface area contributed by atoms with E-state index in [4.69, 9.17) is 14.5 Å². The highest BCUT2D eigenvalue weighted by Gasteiger charge is 2.23. The molecule has 0 spiro atoms. The van der Waals surface area contributed by atoms with Crippen LogP contribution < -0.4 is 15.4 Å². The Hall–Kier alpha value is -1.95. The lowest BCUT2D eigenvalue weighted by Gasteiger charge is -2.34. The van der Waals surface area contributed by atoms with Crippen molar-refractivity contribution >= 4 is 29.9 Å². The molecule has 0 bridgehead atoms. The molecule has 0 saturated carbocycles. The molecule has 182 valence electrons. The van der Waals surface area contributed by atoms with Gasteiger partial charge in [-0.15, -0.1) is 24.0 Å². The van der Waals surface area contributed by atoms with Crippen molar-refractivity contribution in [2.75, 3.05) is 53.0 Å². The van der Waals surface area contributed by atoms with Crippen LogP contribution in [0.4, 0.5) is 4.39 Å². The summed E-state index contributed by atoms with van der Waals surface area (Å²) in [4.78, 5) is 7.18. The van der Waals surface area contributed by atoms with Crippen molar-refractivity contribution in [2.45, 2.75) is 19.1 Å². The topological polar surface area (TPSA) is 78.4 Å². The first kappa shape index (κ1) is 27.3. The second kappa shape index (κ2) is 14.3. The number of aliphatic imine (C=N–C) groups is 1. The molecule has 0 radical (unpaired) electrons. The van der Waals surface area contributed by atoms with Crippen LogP contribution in [0.3, 0.4) is 0 Å². The normalized spacial score (nSPS) is 16.4. The monoisotopic (exact) mass is 572 g/mol. The fraction of sp³-hybridized carbons (Fsp3) is 0.458. The van der Waals surface area contributed by atoms with E-state index in [1.54, 1.807) is 19.2 Å². The molecule has 2 unspecified atom stereocenters. The molecule has 0 aliphatic carbocycles. The minimum absolute atomic E-state index is 0. The van der Waals surface area contributed by atoms with Crippen LogP contribution in [-0.2, 0) is 4.74 Å². The number of nitrogens with zero attached hydrogens (tertiary/aromatic N) is 2. The molecule has 7 nitrogen and oxygen atoms in total. The van der Waals surface area contributed by atoms with Crippen LogP contribution in [0.25, 0.3) is 0 Å². The van der Waals surface area contributed by atoms with E-state index < -0.39 is 6.10 Å². The first-order valence-corrected chi connectivity index (χ1v) is 11.0. The van der Waals surface area contributed by atoms with E-state index in [0.717, 1.165) is 18.8 Å². The smallest absolute Gasteiger partial charge is 0.191 e. The number of ether oxygens (including phenoxy) is 2. The molecule has 1 saturated heterocycles. The third-order valence-corrected chi connectivity index (χ3v) is 5.47. The largest absolute Gasteiger partial charge is 0.497 e. The van der Waals surface area contributed by atoms with Crippen molar-refractivity contribution in [1.82, 2.24) is 15.5 Å². The Bertz CT molecular complexity index is 846. The molecule has 1 fully saturated rings. The average molecular weight is 572 g/mol. The van der Waals surface area contributed by atoms with Crippen molar-refractivity contribution < 1.29 is 19.0 Å². The number of hydrogen-bond acceptors (Lipinski definition) is 5. The summed E-state index contributed by atoms with van der Waals surface area (Å²) in [6, 6.07) is 14.1. The van der Waals surface area contributed by atoms with Crippen molar-refractivity contribution in [2.24, 2.45) is 4.99 Å². The van der Waals surface area contributed by atoms with E-state index in [-0.39, 0.29) is 42.4 Å². The SMILES string of the molecule is CCNC(=NCC(c1ccc(OC)cc1)N1CCOCC1)NCC(O)c1ccc(F)cc1.I. The summed E-state index contributed by atoms with van der Waals surface area (Å²) in [6.45, 7) is 6.62. The molecule has 1 heterocycles. The second-order valence-corrected chi connectivity index (χ2v) is 7.61. The van der Waals surface area contributed by atoms with Crippen molar-refractivity contribution in [3.63, 3.8) is 0 Å². The number of methoxy groups -OCH3 is 1. The van der Waals surface area contributed by atoms with E-state index in [1.807, 2.05) is 19.1 Å². The van der Waals surface area contributed by atoms with Gasteiger partial charge >= 0.3 is 0 Å². The lowest BCUT2D eigenvalue weighted by molar-refractivity contribution is 0.0179. The molecule has 9 heteroatoms. The summed E-state index contributed by atoms with van der Waals surface area (Å²) in [5.74, 6) is 1.12. The number of guanidine groups is 1. The van der Waals surface area contributed by atoms with E-state index in [9.17, 15) is 9.50 Å². The van der Waals surface area contributed by atoms with Gasteiger partial charge in [0.05, 0.1) is 39.0 Å². The second-order valence-electron chi connectivity index (χ2n) is 7.61. The molecule has 2 atom stereocenters. The van der Waals surface area contributed by atoms with Crippen LogP contribution >= 0.6 is 24.0 Å². The molecule has 2 aromatic rings. The molecule has 3 rings (SSSR count). The molecular weight excluding hydrogens is 538 g/mol. The Kier molecular flexibility index (Phi) is 11.9. The molecule has 33 heavy (non-hydrogen) atoms. The van der Waals surface area contributed by atoms with Gasteiger partial charge in [-0.25, -0.2) is 4.39 Å². The number of halogens is 2. The number of hydrogen-bond donors (Lipinski definition) is 3. The fourth-order valence-electron chi connectivity index (χ4n) is 3.66. The molecule has 2 aromatic carbocycles. The maximum absolute atomic E-state index is 13.1. The standard InChI is InChI=1S/C24H33FN4O3.HI/c1-3-26-24(28-17-23(30)19-4-8-20(25)9-5-19)27-16-22(29-12-14-32-15-13-29)18-6-10-21(31-2)11-7-18;/h4-11,22-23,30H,3,12-17H2,1-2H3,(H2,26,27,28);1H. The zero-order valence-corrected chi connectivity index (χ0v) is 21.5. The van der Waals surface area contributed by atoms with Gasteiger partial charge in [-0.05, 0) is 42.3 Å². The van der Waals surface area contributed by atoms with Crippen LogP contribution in [0.15, 0.2) is 53.5 Å². The summed E-state index contributed by atoms with van der Waals surface area (Å²) in [6.07, 6.45) is -0.768. The Labute approximate surface area is 212 Å². The van der Waals surface area contributed by atoms with Gasteiger partial charge in [0.1, 0.15) is 11.6 Å². The van der Waals surface area contributed by atoms with Crippen LogP contribution in [-0.4, -0.2) is 69.0 Å². The van der Waals surface area contributed by atoms with Crippen LogP contribution in [0.1, 0.15) is 30.2 Å². The maximum atomic E-state index is 13.1. The van der Waals surface area contributed by atoms with Gasteiger partial charge in [-0.2, -0.15) is 0 Å². The van der Waals surface area contributed by atoms with Gasteiger partial charge in [0.2, 0.25) is 0 Å². The summed E-state index contributed by atoms with van der Waals surface area (Å²) in [5.41, 5.74) is 1.82. The molecule has 0 amide bonds. The summed E-state index contributed by atoms with van der Waals surface area (Å²) in [7, 11) is 1.66. The van der Waals surface area contributed by atoms with Gasteiger partial charge < -0.3 is 25.2 Å². The van der Waals surface area contributed by atoms with Crippen molar-refractivity contribution in [3.8, 4) is 5.75 Å². The lowest BCUT2D eigenvalue weighted by atomic mass is 10.0. The molecule has 3 N–H and O–H groups in total. The third kappa shape index (κ3) is 8.40. The minimum Gasteiger partial charge on any atom is -0.497 e. The third-order valence-electron chi connectivity index (χ3n) is 5.47. The molecule has 1 aliphatic heterocycles. The molecule has 1 aliphatic rings. The van der Waals surface area contributed by atoms with Gasteiger partial charge in [0.15, 0.2) is 5.96 Å². The Morgan fingerprint density at radius 1 is 1.09 bits per heavy atom. The van der Waals surface area contributed by atoms with E-state index >= 15 is 0 Å². The van der Waals surface area contributed by atoms with E-state index in [0.29, 0.717) is 37.8 Å². The number of rotatable bonds is 9. The highest BCUT2D eigenvalue weighted by Crippen LogP contribution is 2.24.